The first kappa shape index (κ1) is 25.8. The van der Waals surface area contributed by atoms with E-state index in [4.69, 9.17) is 5.11 Å². The molecule has 2 heterocycles. The fourth-order valence-electron chi connectivity index (χ4n) is 4.00. The van der Waals surface area contributed by atoms with E-state index in [1.165, 1.54) is 11.1 Å². The molecule has 3 amide bonds. The van der Waals surface area contributed by atoms with E-state index in [0.29, 0.717) is 18.2 Å². The number of fused-ring (bicyclic) bond motifs is 1. The van der Waals surface area contributed by atoms with Crippen molar-refractivity contribution < 1.29 is 29.1 Å². The Morgan fingerprint density at radius 1 is 1.20 bits per heavy atom. The molecular formula is C24H29N5O6. The summed E-state index contributed by atoms with van der Waals surface area (Å²) in [6.07, 6.45) is 1.31. The number of nitrogens with zero attached hydrogens (tertiary/aromatic N) is 2. The van der Waals surface area contributed by atoms with Gasteiger partial charge < -0.3 is 30.8 Å². The lowest BCUT2D eigenvalue weighted by atomic mass is 10.00. The molecule has 1 unspecified atom stereocenters. The first-order valence-electron chi connectivity index (χ1n) is 11.4. The Morgan fingerprint density at radius 3 is 2.63 bits per heavy atom. The molecule has 0 bridgehead atoms. The van der Waals surface area contributed by atoms with E-state index < -0.39 is 48.2 Å². The van der Waals surface area contributed by atoms with Crippen LogP contribution in [0.4, 0.5) is 0 Å². The second kappa shape index (κ2) is 11.5. The van der Waals surface area contributed by atoms with Crippen LogP contribution >= 0.6 is 0 Å². The molecule has 3 rings (SSSR count). The van der Waals surface area contributed by atoms with Crippen LogP contribution in [0.15, 0.2) is 36.5 Å². The van der Waals surface area contributed by atoms with Gasteiger partial charge in [-0.25, -0.2) is 0 Å². The number of hydrogen-bond acceptors (Lipinski definition) is 7. The highest BCUT2D eigenvalue weighted by Crippen LogP contribution is 2.18. The highest BCUT2D eigenvalue weighted by Gasteiger charge is 2.38. The molecule has 1 aliphatic rings. The maximum atomic E-state index is 13.5. The minimum atomic E-state index is -1.23. The maximum absolute atomic E-state index is 13.5. The van der Waals surface area contributed by atoms with Gasteiger partial charge >= 0.3 is 5.97 Å². The molecule has 1 aromatic carbocycles. The topological polar surface area (TPSA) is 158 Å². The molecule has 0 spiro atoms. The number of hydrogen-bond donors (Lipinski definition) is 4. The zero-order valence-corrected chi connectivity index (χ0v) is 19.6. The number of aromatic nitrogens is 1. The molecule has 1 aromatic heterocycles. The SMILES string of the molecule is CC(C)[C@H](NC(=O)c1nccc2ccccc12)C(=O)N1CCNCC1C(=O)N[C@H](C=O)CC(=O)O. The number of piperazine rings is 1. The molecule has 4 N–H and O–H groups in total. The van der Waals surface area contributed by atoms with E-state index in [-0.39, 0.29) is 24.7 Å². The molecule has 3 atom stereocenters. The van der Waals surface area contributed by atoms with Crippen molar-refractivity contribution in [2.24, 2.45) is 5.92 Å². The summed E-state index contributed by atoms with van der Waals surface area (Å²) in [6, 6.07) is 5.97. The Kier molecular flexibility index (Phi) is 8.48. The van der Waals surface area contributed by atoms with Crippen LogP contribution in [0.2, 0.25) is 0 Å². The summed E-state index contributed by atoms with van der Waals surface area (Å²) in [7, 11) is 0. The quantitative estimate of drug-likeness (QED) is 0.362. The second-order valence-electron chi connectivity index (χ2n) is 8.68. The van der Waals surface area contributed by atoms with Crippen LogP contribution in [0.3, 0.4) is 0 Å². The van der Waals surface area contributed by atoms with Crippen LogP contribution in [0.1, 0.15) is 30.8 Å². The molecule has 1 fully saturated rings. The molecule has 186 valence electrons. The lowest BCUT2D eigenvalue weighted by Crippen LogP contribution is -2.64. The third kappa shape index (κ3) is 6.18. The lowest BCUT2D eigenvalue weighted by molar-refractivity contribution is -0.145. The maximum Gasteiger partial charge on any atom is 0.305 e. The number of pyridine rings is 1. The van der Waals surface area contributed by atoms with E-state index in [0.717, 1.165) is 5.39 Å². The number of aliphatic carboxylic acids is 1. The van der Waals surface area contributed by atoms with Crippen molar-refractivity contribution in [2.45, 2.75) is 38.4 Å². The van der Waals surface area contributed by atoms with Crippen molar-refractivity contribution in [1.82, 2.24) is 25.8 Å². The standard InChI is InChI=1S/C24H29N5O6/c1-14(2)20(28-23(34)21-17-6-4-3-5-15(17)7-8-26-21)24(35)29-10-9-25-12-18(29)22(33)27-16(13-30)11-19(31)32/h3-8,13-14,16,18,20,25H,9-12H2,1-2H3,(H,27,33)(H,28,34)(H,31,32)/t16-,18?,20-/m0/s1. The van der Waals surface area contributed by atoms with Crippen LogP contribution in [0, 0.1) is 5.92 Å². The van der Waals surface area contributed by atoms with E-state index in [9.17, 15) is 24.0 Å². The van der Waals surface area contributed by atoms with Gasteiger partial charge in [0, 0.05) is 31.2 Å². The molecule has 0 aliphatic carbocycles. The van der Waals surface area contributed by atoms with Crippen molar-refractivity contribution in [2.75, 3.05) is 19.6 Å². The Balaban J connectivity index is 1.79. The highest BCUT2D eigenvalue weighted by molar-refractivity contribution is 6.06. The Morgan fingerprint density at radius 2 is 1.94 bits per heavy atom. The van der Waals surface area contributed by atoms with Gasteiger partial charge in [0.25, 0.3) is 5.91 Å². The first-order chi connectivity index (χ1) is 16.7. The molecular weight excluding hydrogens is 454 g/mol. The van der Waals surface area contributed by atoms with Gasteiger partial charge in [-0.1, -0.05) is 38.1 Å². The summed E-state index contributed by atoms with van der Waals surface area (Å²) in [5.74, 6) is -3.13. The molecule has 1 saturated heterocycles. The smallest absolute Gasteiger partial charge is 0.305 e. The van der Waals surface area contributed by atoms with Gasteiger partial charge in [-0.3, -0.25) is 24.2 Å². The van der Waals surface area contributed by atoms with Gasteiger partial charge in [0.05, 0.1) is 12.5 Å². The van der Waals surface area contributed by atoms with Crippen LogP contribution in [0.5, 0.6) is 0 Å². The number of nitrogens with one attached hydrogen (secondary N) is 3. The van der Waals surface area contributed by atoms with Crippen LogP contribution in [-0.2, 0) is 19.2 Å². The van der Waals surface area contributed by atoms with Gasteiger partial charge in [0.2, 0.25) is 11.8 Å². The van der Waals surface area contributed by atoms with Crippen LogP contribution in [-0.4, -0.2) is 82.7 Å². The van der Waals surface area contributed by atoms with Gasteiger partial charge in [-0.05, 0) is 17.4 Å². The Hall–Kier alpha value is -3.86. The van der Waals surface area contributed by atoms with E-state index in [2.05, 4.69) is 20.9 Å². The van der Waals surface area contributed by atoms with Gasteiger partial charge in [-0.15, -0.1) is 0 Å². The van der Waals surface area contributed by atoms with Gasteiger partial charge in [-0.2, -0.15) is 0 Å². The van der Waals surface area contributed by atoms with Crippen molar-refractivity contribution in [3.63, 3.8) is 0 Å². The third-order valence-electron chi connectivity index (χ3n) is 5.82. The summed E-state index contributed by atoms with van der Waals surface area (Å²) >= 11 is 0. The van der Waals surface area contributed by atoms with Crippen LogP contribution < -0.4 is 16.0 Å². The Bertz CT molecular complexity index is 1120. The zero-order valence-electron chi connectivity index (χ0n) is 19.6. The lowest BCUT2D eigenvalue weighted by Gasteiger charge is -2.38. The van der Waals surface area contributed by atoms with Gasteiger partial charge in [0.15, 0.2) is 0 Å². The predicted octanol–water partition coefficient (Wildman–Crippen LogP) is -0.0520. The van der Waals surface area contributed by atoms with E-state index in [1.807, 2.05) is 12.1 Å². The van der Waals surface area contributed by atoms with Gasteiger partial charge in [0.1, 0.15) is 24.1 Å². The number of carboxylic acid groups (broad SMARTS) is 1. The molecule has 0 saturated carbocycles. The van der Waals surface area contributed by atoms with Crippen molar-refractivity contribution >= 4 is 40.7 Å². The minimum Gasteiger partial charge on any atom is -0.481 e. The Labute approximate surface area is 202 Å². The first-order valence-corrected chi connectivity index (χ1v) is 11.4. The number of rotatable bonds is 9. The highest BCUT2D eigenvalue weighted by atomic mass is 16.4. The summed E-state index contributed by atoms with van der Waals surface area (Å²) < 4.78 is 0. The number of carboxylic acids is 1. The summed E-state index contributed by atoms with van der Waals surface area (Å²) in [5.41, 5.74) is 0.193. The molecule has 35 heavy (non-hydrogen) atoms. The zero-order chi connectivity index (χ0) is 25.5. The number of carbonyl (C=O) groups excluding carboxylic acids is 4. The molecule has 1 aliphatic heterocycles. The summed E-state index contributed by atoms with van der Waals surface area (Å²) in [4.78, 5) is 67.2. The molecule has 11 nitrogen and oxygen atoms in total. The number of aldehydes is 1. The third-order valence-corrected chi connectivity index (χ3v) is 5.82. The van der Waals surface area contributed by atoms with Crippen LogP contribution in [0.25, 0.3) is 10.8 Å². The number of amides is 3. The van der Waals surface area contributed by atoms with Crippen molar-refractivity contribution in [3.8, 4) is 0 Å². The molecule has 11 heteroatoms. The fourth-order valence-corrected chi connectivity index (χ4v) is 4.00. The predicted molar refractivity (Wildman–Crippen MR) is 126 cm³/mol. The monoisotopic (exact) mass is 483 g/mol. The van der Waals surface area contributed by atoms with E-state index >= 15 is 0 Å². The molecule has 0 radical (unpaired) electrons. The van der Waals surface area contributed by atoms with Crippen molar-refractivity contribution in [1.29, 1.82) is 0 Å². The summed E-state index contributed by atoms with van der Waals surface area (Å²) in [6.45, 7) is 4.33. The van der Waals surface area contributed by atoms with Crippen molar-refractivity contribution in [3.05, 3.63) is 42.2 Å². The largest absolute Gasteiger partial charge is 0.481 e. The van der Waals surface area contributed by atoms with E-state index in [1.54, 1.807) is 32.0 Å². The number of carbonyl (C=O) groups is 5. The number of benzene rings is 1. The average molecular weight is 484 g/mol. The summed E-state index contributed by atoms with van der Waals surface area (Å²) in [5, 5.41) is 18.6. The normalized spacial score (nSPS) is 17.5. The average Bonchev–Trinajstić information content (AvgIpc) is 2.85. The fraction of sp³-hybridized carbons (Fsp3) is 0.417. The molecule has 2 aromatic rings. The minimum absolute atomic E-state index is 0.125. The second-order valence-corrected chi connectivity index (χ2v) is 8.68.